The van der Waals surface area contributed by atoms with Crippen LogP contribution in [0.15, 0.2) is 30.3 Å². The summed E-state index contributed by atoms with van der Waals surface area (Å²) in [5.74, 6) is 0.112. The Morgan fingerprint density at radius 3 is 2.79 bits per heavy atom. The van der Waals surface area contributed by atoms with Crippen LogP contribution in [-0.4, -0.2) is 27.5 Å². The largest absolute Gasteiger partial charge is 0.340 e. The number of benzene rings is 2. The van der Waals surface area contributed by atoms with E-state index in [0.29, 0.717) is 27.5 Å². The number of fused-ring (bicyclic) bond motifs is 2. The van der Waals surface area contributed by atoms with E-state index in [1.165, 1.54) is 18.2 Å². The second-order valence-corrected chi connectivity index (χ2v) is 8.62. The Balaban J connectivity index is 1.37. The number of rotatable bonds is 2. The van der Waals surface area contributed by atoms with Gasteiger partial charge in [-0.15, -0.1) is 0 Å². The molecule has 1 aliphatic heterocycles. The van der Waals surface area contributed by atoms with Crippen LogP contribution in [0.4, 0.5) is 8.78 Å². The lowest BCUT2D eigenvalue weighted by Gasteiger charge is -2.37. The molecule has 2 aliphatic rings. The maximum atomic E-state index is 14.2. The van der Waals surface area contributed by atoms with E-state index in [1.54, 1.807) is 6.07 Å². The quantitative estimate of drug-likeness (QED) is 0.572. The summed E-state index contributed by atoms with van der Waals surface area (Å²) in [4.78, 5) is 10.5. The van der Waals surface area contributed by atoms with Gasteiger partial charge in [0.15, 0.2) is 0 Å². The third-order valence-corrected chi connectivity index (χ3v) is 6.53. The van der Waals surface area contributed by atoms with Gasteiger partial charge in [-0.2, -0.15) is 0 Å². The van der Waals surface area contributed by atoms with Crippen molar-refractivity contribution in [2.45, 2.75) is 38.3 Å². The van der Waals surface area contributed by atoms with Gasteiger partial charge in [-0.25, -0.2) is 13.8 Å². The minimum absolute atomic E-state index is 0.193. The second-order valence-electron chi connectivity index (χ2n) is 7.78. The molecule has 0 radical (unpaired) electrons. The fourth-order valence-electron chi connectivity index (χ4n) is 4.53. The van der Waals surface area contributed by atoms with Gasteiger partial charge in [-0.1, -0.05) is 23.2 Å². The molecule has 0 fully saturated rings. The Morgan fingerprint density at radius 1 is 1.10 bits per heavy atom. The van der Waals surface area contributed by atoms with Crippen LogP contribution in [0.5, 0.6) is 0 Å². The third kappa shape index (κ3) is 3.56. The summed E-state index contributed by atoms with van der Waals surface area (Å²) in [6, 6.07) is 7.98. The zero-order chi connectivity index (χ0) is 20.1. The van der Waals surface area contributed by atoms with E-state index in [4.69, 9.17) is 28.2 Å². The van der Waals surface area contributed by atoms with Gasteiger partial charge in [0.05, 0.1) is 16.4 Å². The number of H-pyrrole nitrogens is 1. The topological polar surface area (TPSA) is 31.9 Å². The predicted molar refractivity (Wildman–Crippen MR) is 110 cm³/mol. The monoisotopic (exact) mass is 433 g/mol. The summed E-state index contributed by atoms with van der Waals surface area (Å²) in [6.45, 7) is 1.65. The van der Waals surface area contributed by atoms with Gasteiger partial charge >= 0.3 is 0 Å². The summed E-state index contributed by atoms with van der Waals surface area (Å²) >= 11 is 12.3. The average molecular weight is 434 g/mol. The normalized spacial score (nSPS) is 19.1. The van der Waals surface area contributed by atoms with Gasteiger partial charge < -0.3 is 4.98 Å². The first-order valence-corrected chi connectivity index (χ1v) is 10.5. The van der Waals surface area contributed by atoms with Crippen LogP contribution in [0, 0.1) is 11.6 Å². The van der Waals surface area contributed by atoms with Crippen molar-refractivity contribution >= 4 is 23.2 Å². The van der Waals surface area contributed by atoms with Gasteiger partial charge in [0.1, 0.15) is 17.5 Å². The van der Waals surface area contributed by atoms with Gasteiger partial charge in [-0.05, 0) is 60.7 Å². The van der Waals surface area contributed by atoms with Crippen LogP contribution >= 0.6 is 23.2 Å². The molecule has 29 heavy (non-hydrogen) atoms. The molecule has 0 saturated heterocycles. The summed E-state index contributed by atoms with van der Waals surface area (Å²) in [5, 5.41) is 0.799. The minimum Gasteiger partial charge on any atom is -0.340 e. The molecule has 0 spiro atoms. The number of halogens is 4. The zero-order valence-corrected chi connectivity index (χ0v) is 17.1. The van der Waals surface area contributed by atoms with Crippen LogP contribution in [0.3, 0.4) is 0 Å². The van der Waals surface area contributed by atoms with Crippen LogP contribution < -0.4 is 0 Å². The molecule has 3 nitrogen and oxygen atoms in total. The predicted octanol–water partition coefficient (Wildman–Crippen LogP) is 5.58. The van der Waals surface area contributed by atoms with Crippen molar-refractivity contribution in [3.05, 3.63) is 74.5 Å². The fraction of sp³-hybridized carbons (Fsp3) is 0.318. The van der Waals surface area contributed by atoms with Crippen molar-refractivity contribution in [3.63, 3.8) is 0 Å². The first-order chi connectivity index (χ1) is 14.0. The van der Waals surface area contributed by atoms with Crippen LogP contribution in [0.2, 0.25) is 10.0 Å². The molecule has 1 aliphatic carbocycles. The number of nitrogens with zero attached hydrogens (tertiary/aromatic N) is 2. The highest BCUT2D eigenvalue weighted by Crippen LogP contribution is 2.33. The number of hydrogen-bond acceptors (Lipinski definition) is 2. The lowest BCUT2D eigenvalue weighted by Crippen LogP contribution is -2.42. The molecule has 1 aromatic heterocycles. The SMILES string of the molecule is Fc1ccc(-c2nc3c([nH]2)CN(C2CCc4c(F)cc(Cl)cc4C2)CC3)c(Cl)c1. The van der Waals surface area contributed by atoms with Crippen LogP contribution in [0.25, 0.3) is 11.4 Å². The summed E-state index contributed by atoms with van der Waals surface area (Å²) in [5.41, 5.74) is 4.61. The smallest absolute Gasteiger partial charge is 0.139 e. The number of nitrogens with one attached hydrogen (secondary N) is 1. The Bertz CT molecular complexity index is 1100. The first-order valence-electron chi connectivity index (χ1n) is 9.72. The van der Waals surface area contributed by atoms with E-state index in [2.05, 4.69) is 9.88 Å². The summed E-state index contributed by atoms with van der Waals surface area (Å²) in [7, 11) is 0. The van der Waals surface area contributed by atoms with E-state index in [9.17, 15) is 8.78 Å². The van der Waals surface area contributed by atoms with Crippen molar-refractivity contribution in [2.75, 3.05) is 6.54 Å². The molecule has 1 atom stereocenters. The third-order valence-electron chi connectivity index (χ3n) is 6.00. The standard InChI is InChI=1S/C22H19Cl2F2N3/c23-13-7-12-8-15(2-4-16(12)19(26)9-13)29-6-5-20-21(11-29)28-22(27-20)17-3-1-14(25)10-18(17)24/h1,3,7,9-10,15H,2,4-6,8,11H2,(H,27,28). The van der Waals surface area contributed by atoms with Crippen molar-refractivity contribution in [2.24, 2.45) is 0 Å². The van der Waals surface area contributed by atoms with Gasteiger partial charge in [0.2, 0.25) is 0 Å². The number of aromatic amines is 1. The molecule has 5 rings (SSSR count). The molecule has 2 heterocycles. The van der Waals surface area contributed by atoms with Crippen LogP contribution in [0.1, 0.15) is 28.9 Å². The lowest BCUT2D eigenvalue weighted by molar-refractivity contribution is 0.160. The summed E-state index contributed by atoms with van der Waals surface area (Å²) < 4.78 is 27.5. The Labute approximate surface area is 177 Å². The van der Waals surface area contributed by atoms with Gasteiger partial charge in [0.25, 0.3) is 0 Å². The molecule has 1 N–H and O–H groups in total. The average Bonchev–Trinajstić information content (AvgIpc) is 3.10. The Hall–Kier alpha value is -1.95. The highest BCUT2D eigenvalue weighted by molar-refractivity contribution is 6.33. The Morgan fingerprint density at radius 2 is 1.97 bits per heavy atom. The number of hydrogen-bond donors (Lipinski definition) is 1. The lowest BCUT2D eigenvalue weighted by atomic mass is 9.86. The molecule has 1 unspecified atom stereocenters. The van der Waals surface area contributed by atoms with E-state index >= 15 is 0 Å². The minimum atomic E-state index is -0.365. The van der Waals surface area contributed by atoms with E-state index in [-0.39, 0.29) is 11.6 Å². The highest BCUT2D eigenvalue weighted by Gasteiger charge is 2.30. The number of aromatic nitrogens is 2. The molecular weight excluding hydrogens is 415 g/mol. The van der Waals surface area contributed by atoms with Crippen molar-refractivity contribution in [1.29, 1.82) is 0 Å². The molecule has 2 aromatic carbocycles. The molecule has 150 valence electrons. The highest BCUT2D eigenvalue weighted by atomic mass is 35.5. The fourth-order valence-corrected chi connectivity index (χ4v) is 5.02. The maximum Gasteiger partial charge on any atom is 0.139 e. The Kier molecular flexibility index (Phi) is 4.85. The molecule has 3 aromatic rings. The molecule has 0 amide bonds. The molecule has 0 bridgehead atoms. The van der Waals surface area contributed by atoms with Crippen LogP contribution in [-0.2, 0) is 25.8 Å². The van der Waals surface area contributed by atoms with E-state index < -0.39 is 0 Å². The molecular formula is C22H19Cl2F2N3. The molecule has 7 heteroatoms. The second kappa shape index (κ2) is 7.38. The maximum absolute atomic E-state index is 14.2. The first kappa shape index (κ1) is 19.0. The summed E-state index contributed by atoms with van der Waals surface area (Å²) in [6.07, 6.45) is 3.28. The van der Waals surface area contributed by atoms with Gasteiger partial charge in [0, 0.05) is 36.1 Å². The van der Waals surface area contributed by atoms with Crippen molar-refractivity contribution in [1.82, 2.24) is 14.9 Å². The van der Waals surface area contributed by atoms with Crippen molar-refractivity contribution in [3.8, 4) is 11.4 Å². The number of imidazole rings is 1. The van der Waals surface area contributed by atoms with Crippen molar-refractivity contribution < 1.29 is 8.78 Å². The molecule has 0 saturated carbocycles. The van der Waals surface area contributed by atoms with Gasteiger partial charge in [-0.3, -0.25) is 4.90 Å². The van der Waals surface area contributed by atoms with E-state index in [1.807, 2.05) is 6.07 Å². The van der Waals surface area contributed by atoms with E-state index in [0.717, 1.165) is 61.3 Å². The zero-order valence-electron chi connectivity index (χ0n) is 15.6.